The predicted molar refractivity (Wildman–Crippen MR) is 88.4 cm³/mol. The summed E-state index contributed by atoms with van der Waals surface area (Å²) in [5, 5.41) is 19.8. The molecule has 2 N–H and O–H groups in total. The number of hydrogen-bond acceptors (Lipinski definition) is 5. The Morgan fingerprint density at radius 1 is 0.875 bits per heavy atom. The smallest absolute Gasteiger partial charge is 0.241 e. The van der Waals surface area contributed by atoms with E-state index < -0.39 is 21.7 Å². The van der Waals surface area contributed by atoms with Crippen LogP contribution in [0, 0.1) is 22.7 Å². The van der Waals surface area contributed by atoms with Crippen molar-refractivity contribution in [1.29, 1.82) is 10.5 Å². The third-order valence-electron chi connectivity index (χ3n) is 2.91. The number of rotatable bonds is 5. The molecule has 2 aromatic carbocycles. The molecule has 0 heterocycles. The van der Waals surface area contributed by atoms with Gasteiger partial charge in [-0.2, -0.15) is 10.5 Å². The number of amides is 1. The molecule has 0 unspecified atom stereocenters. The minimum absolute atomic E-state index is 0.264. The lowest BCUT2D eigenvalue weighted by Crippen LogP contribution is -2.27. The van der Waals surface area contributed by atoms with Crippen molar-refractivity contribution in [1.82, 2.24) is 0 Å². The number of hydrogen-bond donors (Lipinski definition) is 2. The van der Waals surface area contributed by atoms with E-state index in [-0.39, 0.29) is 5.69 Å². The van der Waals surface area contributed by atoms with E-state index >= 15 is 0 Å². The average Bonchev–Trinajstić information content (AvgIpc) is 2.55. The second kappa shape index (κ2) is 7.27. The predicted octanol–water partition coefficient (Wildman–Crippen LogP) is 1.81. The van der Waals surface area contributed by atoms with E-state index in [0.717, 1.165) is 0 Å². The molecule has 0 spiro atoms. The minimum atomic E-state index is -3.88. The molecule has 0 bridgehead atoms. The van der Waals surface area contributed by atoms with Gasteiger partial charge in [0, 0.05) is 11.4 Å². The number of sulfonamides is 1. The molecule has 24 heavy (non-hydrogen) atoms. The van der Waals surface area contributed by atoms with Gasteiger partial charge in [-0.1, -0.05) is 0 Å². The zero-order valence-corrected chi connectivity index (χ0v) is 13.2. The molecule has 0 aromatic heterocycles. The quantitative estimate of drug-likeness (QED) is 0.859. The number of anilines is 2. The maximum absolute atomic E-state index is 12.0. The van der Waals surface area contributed by atoms with E-state index in [0.29, 0.717) is 16.8 Å². The fourth-order valence-corrected chi connectivity index (χ4v) is 2.81. The summed E-state index contributed by atoms with van der Waals surface area (Å²) >= 11 is 0. The van der Waals surface area contributed by atoms with E-state index in [9.17, 15) is 13.2 Å². The molecule has 120 valence electrons. The first-order valence-electron chi connectivity index (χ1n) is 6.72. The van der Waals surface area contributed by atoms with Crippen LogP contribution in [0.4, 0.5) is 11.4 Å². The molecule has 0 atom stereocenters. The molecule has 0 saturated heterocycles. The zero-order valence-electron chi connectivity index (χ0n) is 12.4. The summed E-state index contributed by atoms with van der Waals surface area (Å²) in [5.41, 5.74) is 1.49. The number of nitriles is 2. The first-order valence-corrected chi connectivity index (χ1v) is 8.38. The summed E-state index contributed by atoms with van der Waals surface area (Å²) in [7, 11) is -3.88. The van der Waals surface area contributed by atoms with Crippen LogP contribution in [-0.4, -0.2) is 20.1 Å². The van der Waals surface area contributed by atoms with Gasteiger partial charge in [0.2, 0.25) is 15.9 Å². The molecular weight excluding hydrogens is 328 g/mol. The number of carbonyl (C=O) groups is 1. The molecule has 0 saturated carbocycles. The second-order valence-electron chi connectivity index (χ2n) is 4.79. The fraction of sp³-hybridized carbons (Fsp3) is 0.0625. The van der Waals surface area contributed by atoms with E-state index in [1.165, 1.54) is 48.5 Å². The van der Waals surface area contributed by atoms with Gasteiger partial charge in [0.15, 0.2) is 0 Å². The van der Waals surface area contributed by atoms with Crippen molar-refractivity contribution >= 4 is 27.3 Å². The van der Waals surface area contributed by atoms with Crippen molar-refractivity contribution in [2.75, 3.05) is 15.8 Å². The third kappa shape index (κ3) is 4.83. The fourth-order valence-electron chi connectivity index (χ4n) is 1.83. The Morgan fingerprint density at radius 2 is 1.33 bits per heavy atom. The lowest BCUT2D eigenvalue weighted by Gasteiger charge is -2.09. The monoisotopic (exact) mass is 340 g/mol. The molecule has 7 nitrogen and oxygen atoms in total. The van der Waals surface area contributed by atoms with Crippen LogP contribution in [-0.2, 0) is 14.8 Å². The van der Waals surface area contributed by atoms with Crippen molar-refractivity contribution in [2.24, 2.45) is 0 Å². The molecule has 0 radical (unpaired) electrons. The van der Waals surface area contributed by atoms with E-state index in [1.807, 2.05) is 12.1 Å². The van der Waals surface area contributed by atoms with Crippen molar-refractivity contribution in [3.63, 3.8) is 0 Å². The van der Waals surface area contributed by atoms with E-state index in [4.69, 9.17) is 10.5 Å². The molecule has 1 amide bonds. The SMILES string of the molecule is N#Cc1ccc(NC(=O)CS(=O)(=O)Nc2ccc(C#N)cc2)cc1. The van der Waals surface area contributed by atoms with Gasteiger partial charge in [-0.3, -0.25) is 9.52 Å². The molecule has 0 aliphatic heterocycles. The number of benzene rings is 2. The van der Waals surface area contributed by atoms with E-state index in [2.05, 4.69) is 10.0 Å². The first-order chi connectivity index (χ1) is 11.4. The highest BCUT2D eigenvalue weighted by Gasteiger charge is 2.16. The van der Waals surface area contributed by atoms with Crippen molar-refractivity contribution in [2.45, 2.75) is 0 Å². The molecular formula is C16H12N4O3S. The van der Waals surface area contributed by atoms with Crippen molar-refractivity contribution in [3.8, 4) is 12.1 Å². The Balaban J connectivity index is 1.98. The Kier molecular flexibility index (Phi) is 5.15. The first kappa shape index (κ1) is 17.0. The van der Waals surface area contributed by atoms with Gasteiger partial charge < -0.3 is 5.32 Å². The number of nitrogens with zero attached hydrogens (tertiary/aromatic N) is 2. The Hall–Kier alpha value is -3.36. The van der Waals surface area contributed by atoms with Gasteiger partial charge in [0.25, 0.3) is 0 Å². The van der Waals surface area contributed by atoms with E-state index in [1.54, 1.807) is 0 Å². The third-order valence-corrected chi connectivity index (χ3v) is 4.10. The Bertz CT molecular complexity index is 921. The highest BCUT2D eigenvalue weighted by molar-refractivity contribution is 7.93. The molecule has 2 aromatic rings. The van der Waals surface area contributed by atoms with Crippen LogP contribution in [0.5, 0.6) is 0 Å². The number of nitrogens with one attached hydrogen (secondary N) is 2. The van der Waals surface area contributed by atoms with Gasteiger partial charge in [-0.15, -0.1) is 0 Å². The van der Waals surface area contributed by atoms with Gasteiger partial charge in [0.05, 0.1) is 23.3 Å². The average molecular weight is 340 g/mol. The maximum Gasteiger partial charge on any atom is 0.241 e. The van der Waals surface area contributed by atoms with Crippen LogP contribution in [0.3, 0.4) is 0 Å². The summed E-state index contributed by atoms with van der Waals surface area (Å²) in [6.45, 7) is 0. The minimum Gasteiger partial charge on any atom is -0.325 e. The van der Waals surface area contributed by atoms with Crippen molar-refractivity contribution in [3.05, 3.63) is 59.7 Å². The normalized spacial score (nSPS) is 10.2. The van der Waals surface area contributed by atoms with Crippen LogP contribution in [0.25, 0.3) is 0 Å². The highest BCUT2D eigenvalue weighted by atomic mass is 32.2. The van der Waals surface area contributed by atoms with Crippen LogP contribution < -0.4 is 10.0 Å². The standard InChI is InChI=1S/C16H12N4O3S/c17-9-12-1-5-14(6-2-12)19-16(21)11-24(22,23)20-15-7-3-13(10-18)4-8-15/h1-8,20H,11H2,(H,19,21). The van der Waals surface area contributed by atoms with Gasteiger partial charge in [-0.25, -0.2) is 8.42 Å². The highest BCUT2D eigenvalue weighted by Crippen LogP contribution is 2.12. The number of carbonyl (C=O) groups excluding carboxylic acids is 1. The Labute approximate surface area is 139 Å². The summed E-state index contributed by atoms with van der Waals surface area (Å²) in [4.78, 5) is 11.8. The summed E-state index contributed by atoms with van der Waals surface area (Å²) < 4.78 is 26.2. The molecule has 0 fully saturated rings. The van der Waals surface area contributed by atoms with Crippen LogP contribution in [0.1, 0.15) is 11.1 Å². The zero-order chi connectivity index (χ0) is 17.6. The molecule has 0 aliphatic carbocycles. The van der Waals surface area contributed by atoms with Crippen LogP contribution in [0.15, 0.2) is 48.5 Å². The Morgan fingerprint density at radius 3 is 1.79 bits per heavy atom. The topological polar surface area (TPSA) is 123 Å². The lowest BCUT2D eigenvalue weighted by atomic mass is 10.2. The van der Waals surface area contributed by atoms with Crippen LogP contribution in [0.2, 0.25) is 0 Å². The van der Waals surface area contributed by atoms with Gasteiger partial charge in [0.1, 0.15) is 5.75 Å². The largest absolute Gasteiger partial charge is 0.325 e. The maximum atomic E-state index is 12.0. The van der Waals surface area contributed by atoms with Crippen molar-refractivity contribution < 1.29 is 13.2 Å². The van der Waals surface area contributed by atoms with Crippen LogP contribution >= 0.6 is 0 Å². The van der Waals surface area contributed by atoms with Gasteiger partial charge >= 0.3 is 0 Å². The lowest BCUT2D eigenvalue weighted by molar-refractivity contribution is -0.113. The summed E-state index contributed by atoms with van der Waals surface area (Å²) in [6, 6.07) is 15.7. The van der Waals surface area contributed by atoms with Gasteiger partial charge in [-0.05, 0) is 48.5 Å². The summed E-state index contributed by atoms with van der Waals surface area (Å²) in [5.74, 6) is -1.46. The molecule has 2 rings (SSSR count). The summed E-state index contributed by atoms with van der Waals surface area (Å²) in [6.07, 6.45) is 0. The molecule has 0 aliphatic rings. The second-order valence-corrected chi connectivity index (χ2v) is 6.51. The molecule has 8 heteroatoms.